The maximum atomic E-state index is 6.38. The Morgan fingerprint density at radius 2 is 1.87 bits per heavy atom. The molecule has 0 aromatic rings. The summed E-state index contributed by atoms with van der Waals surface area (Å²) in [6, 6.07) is 0. The largest absolute Gasteiger partial charge is 0.414 e. The zero-order chi connectivity index (χ0) is 11.7. The minimum absolute atomic E-state index is 0.327. The molecule has 15 heavy (non-hydrogen) atoms. The lowest BCUT2D eigenvalue weighted by Crippen LogP contribution is -2.43. The molecular weight excluding hydrogens is 202 g/mol. The molecule has 0 saturated heterocycles. The Balaban J connectivity index is 2.49. The van der Waals surface area contributed by atoms with Crippen molar-refractivity contribution in [3.63, 3.8) is 0 Å². The maximum Gasteiger partial charge on any atom is 0.192 e. The lowest BCUT2D eigenvalue weighted by atomic mass is 10.1. The summed E-state index contributed by atoms with van der Waals surface area (Å²) in [5.41, 5.74) is 5.70. The van der Waals surface area contributed by atoms with Crippen molar-refractivity contribution < 1.29 is 4.43 Å². The van der Waals surface area contributed by atoms with E-state index in [0.29, 0.717) is 17.1 Å². The molecule has 0 aliphatic heterocycles. The predicted octanol–water partition coefficient (Wildman–Crippen LogP) is 3.14. The molecule has 0 amide bonds. The van der Waals surface area contributed by atoms with E-state index in [1.165, 1.54) is 19.3 Å². The molecule has 1 aliphatic carbocycles. The number of rotatable bonds is 3. The molecule has 2 unspecified atom stereocenters. The van der Waals surface area contributed by atoms with Gasteiger partial charge in [-0.2, -0.15) is 0 Å². The smallest absolute Gasteiger partial charge is 0.192 e. The van der Waals surface area contributed by atoms with Gasteiger partial charge in [-0.15, -0.1) is 0 Å². The summed E-state index contributed by atoms with van der Waals surface area (Å²) in [6.07, 6.45) is 4.15. The van der Waals surface area contributed by atoms with Crippen molar-refractivity contribution in [2.75, 3.05) is 6.54 Å². The molecule has 0 bridgehead atoms. The number of nitrogens with two attached hydrogens (primary N) is 1. The summed E-state index contributed by atoms with van der Waals surface area (Å²) >= 11 is 0. The highest BCUT2D eigenvalue weighted by Gasteiger charge is 2.40. The van der Waals surface area contributed by atoms with Gasteiger partial charge in [-0.25, -0.2) is 0 Å². The first-order valence-electron chi connectivity index (χ1n) is 6.14. The van der Waals surface area contributed by atoms with Crippen LogP contribution in [0.15, 0.2) is 0 Å². The Morgan fingerprint density at radius 1 is 1.27 bits per heavy atom. The van der Waals surface area contributed by atoms with Crippen LogP contribution in [-0.2, 0) is 4.43 Å². The minimum atomic E-state index is -1.55. The Kier molecular flexibility index (Phi) is 4.01. The second-order valence-corrected chi connectivity index (χ2v) is 11.2. The van der Waals surface area contributed by atoms with Gasteiger partial charge in [-0.3, -0.25) is 0 Å². The van der Waals surface area contributed by atoms with Crippen LogP contribution in [0.1, 0.15) is 40.0 Å². The maximum absolute atomic E-state index is 6.38. The lowest BCUT2D eigenvalue weighted by molar-refractivity contribution is 0.183. The second kappa shape index (κ2) is 4.56. The van der Waals surface area contributed by atoms with E-state index >= 15 is 0 Å². The fourth-order valence-electron chi connectivity index (χ4n) is 1.94. The standard InChI is InChI=1S/C12H27NOSi/c1-12(2,3)15(4,5)14-11-7-6-10(8-11)9-13/h10-11H,6-9,13H2,1-5H3. The third kappa shape index (κ3) is 3.30. The van der Waals surface area contributed by atoms with E-state index in [0.717, 1.165) is 6.54 Å². The normalized spacial score (nSPS) is 28.4. The van der Waals surface area contributed by atoms with E-state index in [-0.39, 0.29) is 0 Å². The van der Waals surface area contributed by atoms with E-state index in [2.05, 4.69) is 33.9 Å². The van der Waals surface area contributed by atoms with Gasteiger partial charge in [0.25, 0.3) is 0 Å². The first-order valence-corrected chi connectivity index (χ1v) is 9.05. The van der Waals surface area contributed by atoms with Gasteiger partial charge in [-0.1, -0.05) is 20.8 Å². The van der Waals surface area contributed by atoms with Crippen molar-refractivity contribution in [1.29, 1.82) is 0 Å². The van der Waals surface area contributed by atoms with Gasteiger partial charge in [0, 0.05) is 6.10 Å². The SMILES string of the molecule is CC(C)(C)[Si](C)(C)OC1CCC(CN)C1. The fraction of sp³-hybridized carbons (Fsp3) is 1.00. The van der Waals surface area contributed by atoms with Crippen LogP contribution in [0.5, 0.6) is 0 Å². The van der Waals surface area contributed by atoms with Crippen molar-refractivity contribution in [2.45, 2.75) is 64.3 Å². The highest BCUT2D eigenvalue weighted by molar-refractivity contribution is 6.74. The Hall–Kier alpha value is 0.137. The molecule has 90 valence electrons. The number of hydrogen-bond donors (Lipinski definition) is 1. The van der Waals surface area contributed by atoms with Crippen molar-refractivity contribution in [3.8, 4) is 0 Å². The molecule has 1 saturated carbocycles. The van der Waals surface area contributed by atoms with Crippen LogP contribution in [0.2, 0.25) is 18.1 Å². The van der Waals surface area contributed by atoms with Gasteiger partial charge in [-0.05, 0) is 49.9 Å². The van der Waals surface area contributed by atoms with E-state index < -0.39 is 8.32 Å². The average Bonchev–Trinajstić information content (AvgIpc) is 2.49. The first kappa shape index (κ1) is 13.2. The molecule has 1 rings (SSSR count). The summed E-state index contributed by atoms with van der Waals surface area (Å²) < 4.78 is 6.38. The Morgan fingerprint density at radius 3 is 2.27 bits per heavy atom. The van der Waals surface area contributed by atoms with Gasteiger partial charge < -0.3 is 10.2 Å². The topological polar surface area (TPSA) is 35.2 Å². The minimum Gasteiger partial charge on any atom is -0.414 e. The van der Waals surface area contributed by atoms with Crippen LogP contribution in [0.25, 0.3) is 0 Å². The highest BCUT2D eigenvalue weighted by Crippen LogP contribution is 2.40. The lowest BCUT2D eigenvalue weighted by Gasteiger charge is -2.38. The summed E-state index contributed by atoms with van der Waals surface area (Å²) in [4.78, 5) is 0. The molecule has 1 aliphatic rings. The molecule has 0 aromatic carbocycles. The third-order valence-corrected chi connectivity index (χ3v) is 8.63. The monoisotopic (exact) mass is 229 g/mol. The summed E-state index contributed by atoms with van der Waals surface area (Å²) in [5.74, 6) is 0.708. The molecule has 1 fully saturated rings. The summed E-state index contributed by atoms with van der Waals surface area (Å²) in [6.45, 7) is 12.4. The van der Waals surface area contributed by atoms with Gasteiger partial charge in [0.2, 0.25) is 0 Å². The molecule has 2 N–H and O–H groups in total. The Labute approximate surface area is 95.7 Å². The fourth-order valence-corrected chi connectivity index (χ4v) is 3.34. The van der Waals surface area contributed by atoms with Crippen LogP contribution in [0.4, 0.5) is 0 Å². The van der Waals surface area contributed by atoms with Gasteiger partial charge in [0.05, 0.1) is 0 Å². The molecule has 0 radical (unpaired) electrons. The molecule has 0 aromatic heterocycles. The van der Waals surface area contributed by atoms with Crippen LogP contribution in [0.3, 0.4) is 0 Å². The molecule has 3 heteroatoms. The van der Waals surface area contributed by atoms with Gasteiger partial charge >= 0.3 is 0 Å². The van der Waals surface area contributed by atoms with Crippen LogP contribution in [0, 0.1) is 5.92 Å². The first-order chi connectivity index (χ1) is 6.76. The van der Waals surface area contributed by atoms with Crippen molar-refractivity contribution in [1.82, 2.24) is 0 Å². The average molecular weight is 229 g/mol. The van der Waals surface area contributed by atoms with Crippen LogP contribution < -0.4 is 5.73 Å². The van der Waals surface area contributed by atoms with Gasteiger partial charge in [0.15, 0.2) is 8.32 Å². The molecule has 2 nitrogen and oxygen atoms in total. The zero-order valence-electron chi connectivity index (χ0n) is 11.0. The molecular formula is C12H27NOSi. The molecule has 0 spiro atoms. The second-order valence-electron chi connectivity index (χ2n) is 6.41. The van der Waals surface area contributed by atoms with E-state index in [1.807, 2.05) is 0 Å². The van der Waals surface area contributed by atoms with Crippen molar-refractivity contribution in [3.05, 3.63) is 0 Å². The highest BCUT2D eigenvalue weighted by atomic mass is 28.4. The molecule has 2 atom stereocenters. The quantitative estimate of drug-likeness (QED) is 0.755. The van der Waals surface area contributed by atoms with E-state index in [4.69, 9.17) is 10.2 Å². The van der Waals surface area contributed by atoms with Crippen LogP contribution >= 0.6 is 0 Å². The predicted molar refractivity (Wildman–Crippen MR) is 68.5 cm³/mol. The van der Waals surface area contributed by atoms with E-state index in [1.54, 1.807) is 0 Å². The summed E-state index contributed by atoms with van der Waals surface area (Å²) in [7, 11) is -1.55. The van der Waals surface area contributed by atoms with Crippen molar-refractivity contribution in [2.24, 2.45) is 11.7 Å². The van der Waals surface area contributed by atoms with E-state index in [9.17, 15) is 0 Å². The van der Waals surface area contributed by atoms with Crippen molar-refractivity contribution >= 4 is 8.32 Å². The zero-order valence-corrected chi connectivity index (χ0v) is 12.0. The number of hydrogen-bond acceptors (Lipinski definition) is 2. The Bertz CT molecular complexity index is 210. The van der Waals surface area contributed by atoms with Crippen LogP contribution in [-0.4, -0.2) is 21.0 Å². The molecule has 0 heterocycles. The van der Waals surface area contributed by atoms with Gasteiger partial charge in [0.1, 0.15) is 0 Å². The third-order valence-electron chi connectivity index (χ3n) is 4.09. The summed E-state index contributed by atoms with van der Waals surface area (Å²) in [5, 5.41) is 0.327.